The van der Waals surface area contributed by atoms with Gasteiger partial charge in [0, 0.05) is 31.5 Å². The van der Waals surface area contributed by atoms with Crippen molar-refractivity contribution in [2.45, 2.75) is 19.3 Å². The smallest absolute Gasteiger partial charge is 0.316 e. The van der Waals surface area contributed by atoms with Crippen LogP contribution >= 0.6 is 0 Å². The topological polar surface area (TPSA) is 84.0 Å². The molecule has 7 nitrogen and oxygen atoms in total. The second-order valence-corrected chi connectivity index (χ2v) is 6.92. The van der Waals surface area contributed by atoms with E-state index in [1.807, 2.05) is 0 Å². The van der Waals surface area contributed by atoms with Gasteiger partial charge in [0.2, 0.25) is 17.7 Å². The minimum absolute atomic E-state index is 0.00503. The van der Waals surface area contributed by atoms with Gasteiger partial charge in [0.15, 0.2) is 0 Å². The van der Waals surface area contributed by atoms with Gasteiger partial charge in [0.25, 0.3) is 0 Å². The van der Waals surface area contributed by atoms with Crippen molar-refractivity contribution < 1.29 is 28.3 Å². The zero-order valence-corrected chi connectivity index (χ0v) is 15.3. The largest absolute Gasteiger partial charge is 0.426 e. The van der Waals surface area contributed by atoms with Gasteiger partial charge in [-0.3, -0.25) is 24.1 Å². The molecule has 2 aliphatic rings. The highest BCUT2D eigenvalue weighted by atomic mass is 19.1. The quantitative estimate of drug-likeness (QED) is 0.450. The van der Waals surface area contributed by atoms with Crippen LogP contribution in [0.25, 0.3) is 0 Å². The zero-order valence-electron chi connectivity index (χ0n) is 15.3. The van der Waals surface area contributed by atoms with Crippen LogP contribution < -0.4 is 14.5 Å². The summed E-state index contributed by atoms with van der Waals surface area (Å²) in [5.41, 5.74) is 0.951. The summed E-state index contributed by atoms with van der Waals surface area (Å²) in [6.45, 7) is 0.151. The number of nitrogens with zero attached hydrogens (tertiary/aromatic N) is 2. The average molecular weight is 396 g/mol. The van der Waals surface area contributed by atoms with E-state index in [0.717, 1.165) is 4.90 Å². The third-order valence-electron chi connectivity index (χ3n) is 4.96. The molecule has 0 aliphatic carbocycles. The molecule has 2 aromatic carbocycles. The lowest BCUT2D eigenvalue weighted by Crippen LogP contribution is -2.28. The Morgan fingerprint density at radius 2 is 1.45 bits per heavy atom. The maximum atomic E-state index is 13.1. The van der Waals surface area contributed by atoms with E-state index in [9.17, 15) is 23.6 Å². The molecule has 2 aliphatic heterocycles. The number of carbonyl (C=O) groups is 4. The Kier molecular flexibility index (Phi) is 4.84. The van der Waals surface area contributed by atoms with Crippen molar-refractivity contribution in [3.8, 4) is 5.75 Å². The van der Waals surface area contributed by atoms with Gasteiger partial charge in [-0.05, 0) is 48.5 Å². The molecule has 0 N–H and O–H groups in total. The zero-order chi connectivity index (χ0) is 20.5. The van der Waals surface area contributed by atoms with Crippen molar-refractivity contribution in [2.75, 3.05) is 16.3 Å². The third kappa shape index (κ3) is 3.73. The van der Waals surface area contributed by atoms with Gasteiger partial charge < -0.3 is 9.64 Å². The van der Waals surface area contributed by atoms with Crippen molar-refractivity contribution in [3.05, 3.63) is 54.3 Å². The Labute approximate surface area is 165 Å². The molecule has 3 amide bonds. The van der Waals surface area contributed by atoms with E-state index in [4.69, 9.17) is 4.74 Å². The molecule has 1 atom stereocenters. The van der Waals surface area contributed by atoms with E-state index in [2.05, 4.69) is 0 Å². The predicted molar refractivity (Wildman–Crippen MR) is 101 cm³/mol. The highest BCUT2D eigenvalue weighted by Gasteiger charge is 2.36. The number of ether oxygens (including phenoxy) is 1. The second kappa shape index (κ2) is 7.46. The molecular formula is C21H17FN2O5. The summed E-state index contributed by atoms with van der Waals surface area (Å²) < 4.78 is 18.4. The number of carbonyl (C=O) groups excluding carboxylic acids is 4. The van der Waals surface area contributed by atoms with Crippen LogP contribution in [0.15, 0.2) is 48.5 Å². The Morgan fingerprint density at radius 3 is 2.07 bits per heavy atom. The van der Waals surface area contributed by atoms with Crippen molar-refractivity contribution in [3.63, 3.8) is 0 Å². The fraction of sp³-hybridized carbons (Fsp3) is 0.238. The van der Waals surface area contributed by atoms with Crippen LogP contribution in [-0.4, -0.2) is 30.2 Å². The van der Waals surface area contributed by atoms with Crippen LogP contribution in [0.3, 0.4) is 0 Å². The molecule has 0 bridgehead atoms. The highest BCUT2D eigenvalue weighted by molar-refractivity contribution is 6.19. The van der Waals surface area contributed by atoms with Gasteiger partial charge in [-0.1, -0.05) is 0 Å². The maximum absolute atomic E-state index is 13.1. The number of amides is 3. The monoisotopic (exact) mass is 396 g/mol. The first-order chi connectivity index (χ1) is 13.9. The van der Waals surface area contributed by atoms with Crippen LogP contribution in [0.5, 0.6) is 5.75 Å². The average Bonchev–Trinajstić information content (AvgIpc) is 3.25. The molecule has 0 unspecified atom stereocenters. The summed E-state index contributed by atoms with van der Waals surface area (Å²) in [5.74, 6) is -2.10. The summed E-state index contributed by atoms with van der Waals surface area (Å²) in [6.07, 6.45) is 0.386. The van der Waals surface area contributed by atoms with E-state index in [1.165, 1.54) is 53.4 Å². The number of halogens is 1. The lowest BCUT2D eigenvalue weighted by atomic mass is 10.1. The molecular weight excluding hydrogens is 379 g/mol. The van der Waals surface area contributed by atoms with Gasteiger partial charge in [0.1, 0.15) is 11.6 Å². The van der Waals surface area contributed by atoms with Crippen LogP contribution in [0, 0.1) is 11.7 Å². The van der Waals surface area contributed by atoms with E-state index < -0.39 is 17.7 Å². The SMILES string of the molecule is O=C(Oc1ccc(N2C(=O)CCC2=O)cc1)[C@H]1CC(=O)N(c2ccc(F)cc2)C1. The number of benzene rings is 2. The molecule has 2 saturated heterocycles. The number of anilines is 2. The lowest BCUT2D eigenvalue weighted by Gasteiger charge is -2.16. The van der Waals surface area contributed by atoms with E-state index >= 15 is 0 Å². The molecule has 0 radical (unpaired) electrons. The van der Waals surface area contributed by atoms with Gasteiger partial charge >= 0.3 is 5.97 Å². The van der Waals surface area contributed by atoms with Gasteiger partial charge in [-0.15, -0.1) is 0 Å². The number of hydrogen-bond acceptors (Lipinski definition) is 5. The van der Waals surface area contributed by atoms with Crippen molar-refractivity contribution in [2.24, 2.45) is 5.92 Å². The molecule has 148 valence electrons. The molecule has 0 aromatic heterocycles. The Balaban J connectivity index is 1.40. The van der Waals surface area contributed by atoms with Gasteiger partial charge in [0.05, 0.1) is 11.6 Å². The summed E-state index contributed by atoms with van der Waals surface area (Å²) >= 11 is 0. The molecule has 4 rings (SSSR count). The second-order valence-electron chi connectivity index (χ2n) is 6.92. The molecule has 29 heavy (non-hydrogen) atoms. The minimum Gasteiger partial charge on any atom is -0.426 e. The Bertz CT molecular complexity index is 971. The maximum Gasteiger partial charge on any atom is 0.316 e. The first-order valence-corrected chi connectivity index (χ1v) is 9.16. The third-order valence-corrected chi connectivity index (χ3v) is 4.96. The van der Waals surface area contributed by atoms with Gasteiger partial charge in [-0.2, -0.15) is 0 Å². The molecule has 0 saturated carbocycles. The molecule has 0 spiro atoms. The molecule has 8 heteroatoms. The van der Waals surface area contributed by atoms with Crippen molar-refractivity contribution >= 4 is 35.1 Å². The summed E-state index contributed by atoms with van der Waals surface area (Å²) in [4.78, 5) is 50.8. The van der Waals surface area contributed by atoms with Crippen LogP contribution in [0.1, 0.15) is 19.3 Å². The number of esters is 1. The highest BCUT2D eigenvalue weighted by Crippen LogP contribution is 2.28. The van der Waals surface area contributed by atoms with E-state index in [0.29, 0.717) is 11.4 Å². The lowest BCUT2D eigenvalue weighted by molar-refractivity contribution is -0.139. The van der Waals surface area contributed by atoms with Crippen LogP contribution in [-0.2, 0) is 19.2 Å². The summed E-state index contributed by atoms with van der Waals surface area (Å²) in [7, 11) is 0. The number of imide groups is 1. The Hall–Kier alpha value is -3.55. The molecule has 2 aromatic rings. The van der Waals surface area contributed by atoms with E-state index in [1.54, 1.807) is 0 Å². The fourth-order valence-corrected chi connectivity index (χ4v) is 3.46. The fourth-order valence-electron chi connectivity index (χ4n) is 3.46. The minimum atomic E-state index is -0.644. The summed E-state index contributed by atoms with van der Waals surface area (Å²) in [6, 6.07) is 11.6. The molecule has 2 fully saturated rings. The normalized spacial score (nSPS) is 19.2. The van der Waals surface area contributed by atoms with E-state index in [-0.39, 0.29) is 49.3 Å². The number of hydrogen-bond donors (Lipinski definition) is 0. The summed E-state index contributed by atoms with van der Waals surface area (Å²) in [5, 5.41) is 0. The Morgan fingerprint density at radius 1 is 0.862 bits per heavy atom. The van der Waals surface area contributed by atoms with Gasteiger partial charge in [-0.25, -0.2) is 4.39 Å². The number of rotatable bonds is 4. The van der Waals surface area contributed by atoms with Crippen LogP contribution in [0.4, 0.5) is 15.8 Å². The van der Waals surface area contributed by atoms with Crippen molar-refractivity contribution in [1.29, 1.82) is 0 Å². The van der Waals surface area contributed by atoms with Crippen LogP contribution in [0.2, 0.25) is 0 Å². The van der Waals surface area contributed by atoms with Crippen molar-refractivity contribution in [1.82, 2.24) is 0 Å². The molecule has 2 heterocycles. The standard InChI is InChI=1S/C21H17FN2O5/c22-14-1-3-15(4-2-14)23-12-13(11-20(23)27)21(28)29-17-7-5-16(6-8-17)24-18(25)9-10-19(24)26/h1-8,13H,9-12H2/t13-/m0/s1. The first-order valence-electron chi connectivity index (χ1n) is 9.16. The first kappa shape index (κ1) is 18.8. The predicted octanol–water partition coefficient (Wildman–Crippen LogP) is 2.44.